The second-order valence-electron chi connectivity index (χ2n) is 6.20. The highest BCUT2D eigenvalue weighted by molar-refractivity contribution is 7.89. The average Bonchev–Trinajstić information content (AvgIpc) is 2.63. The fraction of sp³-hybridized carbons (Fsp3) is 0.238. The molecule has 0 amide bonds. The first-order valence-corrected chi connectivity index (χ1v) is 9.96. The van der Waals surface area contributed by atoms with Gasteiger partial charge in [0.25, 0.3) is 0 Å². The van der Waals surface area contributed by atoms with Crippen LogP contribution in [-0.2, 0) is 10.0 Å². The van der Waals surface area contributed by atoms with Crippen molar-refractivity contribution >= 4 is 20.8 Å². The summed E-state index contributed by atoms with van der Waals surface area (Å²) in [4.78, 5) is 0.385. The van der Waals surface area contributed by atoms with Crippen molar-refractivity contribution in [2.24, 2.45) is 0 Å². The normalized spacial score (nSPS) is 13.3. The molecule has 3 nitrogen and oxygen atoms in total. The summed E-state index contributed by atoms with van der Waals surface area (Å²) in [5.74, 6) is 0. The van der Waals surface area contributed by atoms with E-state index in [1.54, 1.807) is 10.4 Å². The first kappa shape index (κ1) is 17.6. The van der Waals surface area contributed by atoms with Gasteiger partial charge in [-0.3, -0.25) is 0 Å². The minimum atomic E-state index is -3.59. The molecule has 25 heavy (non-hydrogen) atoms. The Balaban J connectivity index is 2.10. The molecule has 0 aliphatic carbocycles. The molecule has 3 rings (SSSR count). The van der Waals surface area contributed by atoms with Crippen molar-refractivity contribution in [3.8, 4) is 0 Å². The molecular weight excluding hydrogens is 330 g/mol. The van der Waals surface area contributed by atoms with Crippen LogP contribution in [0.2, 0.25) is 0 Å². The molecular formula is C21H23NO2S. The van der Waals surface area contributed by atoms with Crippen LogP contribution < -0.4 is 0 Å². The fourth-order valence-electron chi connectivity index (χ4n) is 3.36. The zero-order valence-corrected chi connectivity index (χ0v) is 15.6. The third-order valence-electron chi connectivity index (χ3n) is 4.76. The molecule has 0 heterocycles. The smallest absolute Gasteiger partial charge is 0.207 e. The molecule has 3 aromatic rings. The fourth-order valence-corrected chi connectivity index (χ4v) is 5.23. The zero-order valence-electron chi connectivity index (χ0n) is 14.8. The van der Waals surface area contributed by atoms with Crippen LogP contribution in [0.1, 0.15) is 31.0 Å². The lowest BCUT2D eigenvalue weighted by molar-refractivity contribution is 0.357. The third kappa shape index (κ3) is 3.20. The number of rotatable bonds is 5. The summed E-state index contributed by atoms with van der Waals surface area (Å²) in [7, 11) is -3.59. The van der Waals surface area contributed by atoms with Gasteiger partial charge in [0, 0.05) is 12.6 Å². The quantitative estimate of drug-likeness (QED) is 0.653. The third-order valence-corrected chi connectivity index (χ3v) is 6.95. The van der Waals surface area contributed by atoms with Crippen LogP contribution in [-0.4, -0.2) is 19.3 Å². The Bertz CT molecular complexity index is 981. The van der Waals surface area contributed by atoms with E-state index in [9.17, 15) is 8.42 Å². The van der Waals surface area contributed by atoms with Crippen LogP contribution in [0.15, 0.2) is 71.6 Å². The van der Waals surface area contributed by atoms with E-state index in [1.165, 1.54) is 0 Å². The second kappa shape index (κ2) is 6.98. The molecule has 4 heteroatoms. The molecule has 130 valence electrons. The van der Waals surface area contributed by atoms with Crippen molar-refractivity contribution in [1.82, 2.24) is 4.31 Å². The Morgan fingerprint density at radius 2 is 1.56 bits per heavy atom. The second-order valence-corrected chi connectivity index (χ2v) is 8.06. The number of hydrogen-bond acceptors (Lipinski definition) is 2. The Labute approximate surface area is 150 Å². The van der Waals surface area contributed by atoms with Gasteiger partial charge in [-0.1, -0.05) is 67.6 Å². The molecule has 0 aliphatic rings. The summed E-state index contributed by atoms with van der Waals surface area (Å²) in [6.45, 7) is 6.13. The lowest BCUT2D eigenvalue weighted by Gasteiger charge is -2.28. The zero-order chi connectivity index (χ0) is 18.0. The van der Waals surface area contributed by atoms with Crippen LogP contribution in [0.5, 0.6) is 0 Å². The van der Waals surface area contributed by atoms with Gasteiger partial charge in [-0.15, -0.1) is 0 Å². The van der Waals surface area contributed by atoms with Crippen molar-refractivity contribution < 1.29 is 8.42 Å². The van der Waals surface area contributed by atoms with Crippen molar-refractivity contribution in [1.29, 1.82) is 0 Å². The van der Waals surface area contributed by atoms with E-state index in [4.69, 9.17) is 0 Å². The highest BCUT2D eigenvalue weighted by Gasteiger charge is 2.30. The molecule has 0 radical (unpaired) electrons. The SMILES string of the molecule is CCN([C@@H](C)c1ccccc1)S(=O)(=O)c1ccc2ccccc2c1C. The number of nitrogens with zero attached hydrogens (tertiary/aromatic N) is 1. The minimum absolute atomic E-state index is 0.220. The summed E-state index contributed by atoms with van der Waals surface area (Å²) in [6.07, 6.45) is 0. The van der Waals surface area contributed by atoms with Crippen molar-refractivity contribution in [3.05, 3.63) is 77.9 Å². The lowest BCUT2D eigenvalue weighted by Crippen LogP contribution is -2.33. The van der Waals surface area contributed by atoms with Gasteiger partial charge in [0.05, 0.1) is 4.90 Å². The summed E-state index contributed by atoms with van der Waals surface area (Å²) >= 11 is 0. The van der Waals surface area contributed by atoms with Gasteiger partial charge in [0.2, 0.25) is 10.0 Å². The van der Waals surface area contributed by atoms with E-state index in [0.29, 0.717) is 11.4 Å². The van der Waals surface area contributed by atoms with Crippen molar-refractivity contribution in [2.45, 2.75) is 31.7 Å². The standard InChI is InChI=1S/C21H23NO2S/c1-4-22(17(3)18-10-6-5-7-11-18)25(23,24)21-15-14-19-12-8-9-13-20(19)16(21)2/h5-15,17H,4H2,1-3H3/t17-/m0/s1. The van der Waals surface area contributed by atoms with Crippen LogP contribution in [0, 0.1) is 6.92 Å². The molecule has 3 aromatic carbocycles. The minimum Gasteiger partial charge on any atom is -0.207 e. The molecule has 0 N–H and O–H groups in total. The van der Waals surface area contributed by atoms with E-state index in [-0.39, 0.29) is 6.04 Å². The van der Waals surface area contributed by atoms with E-state index in [1.807, 2.05) is 81.4 Å². The Morgan fingerprint density at radius 3 is 2.24 bits per heavy atom. The molecule has 0 bridgehead atoms. The first-order chi connectivity index (χ1) is 12.0. The Kier molecular flexibility index (Phi) is 4.93. The van der Waals surface area contributed by atoms with Gasteiger partial charge in [-0.25, -0.2) is 8.42 Å². The highest BCUT2D eigenvalue weighted by atomic mass is 32.2. The molecule has 0 saturated heterocycles. The van der Waals surface area contributed by atoms with Crippen molar-refractivity contribution in [2.75, 3.05) is 6.54 Å². The summed E-state index contributed by atoms with van der Waals surface area (Å²) in [6, 6.07) is 21.0. The molecule has 0 saturated carbocycles. The molecule has 0 spiro atoms. The lowest BCUT2D eigenvalue weighted by atomic mass is 10.1. The van der Waals surface area contributed by atoms with Gasteiger partial charge in [0.1, 0.15) is 0 Å². The van der Waals surface area contributed by atoms with Gasteiger partial charge in [0.15, 0.2) is 0 Å². The van der Waals surface area contributed by atoms with Crippen LogP contribution >= 0.6 is 0 Å². The summed E-state index contributed by atoms with van der Waals surface area (Å²) < 4.78 is 28.3. The van der Waals surface area contributed by atoms with Crippen LogP contribution in [0.3, 0.4) is 0 Å². The van der Waals surface area contributed by atoms with Gasteiger partial charge in [-0.2, -0.15) is 4.31 Å². The predicted octanol–water partition coefficient (Wildman–Crippen LogP) is 4.92. The number of sulfonamides is 1. The summed E-state index contributed by atoms with van der Waals surface area (Å²) in [5.41, 5.74) is 1.79. The Morgan fingerprint density at radius 1 is 0.920 bits per heavy atom. The van der Waals surface area contributed by atoms with E-state index in [0.717, 1.165) is 21.9 Å². The summed E-state index contributed by atoms with van der Waals surface area (Å²) in [5, 5.41) is 2.03. The molecule has 0 aromatic heterocycles. The average molecular weight is 353 g/mol. The molecule has 0 fully saturated rings. The number of benzene rings is 3. The van der Waals surface area contributed by atoms with Gasteiger partial charge >= 0.3 is 0 Å². The van der Waals surface area contributed by atoms with Crippen LogP contribution in [0.4, 0.5) is 0 Å². The monoisotopic (exact) mass is 353 g/mol. The topological polar surface area (TPSA) is 37.4 Å². The van der Waals surface area contributed by atoms with E-state index in [2.05, 4.69) is 0 Å². The number of hydrogen-bond donors (Lipinski definition) is 0. The molecule has 0 unspecified atom stereocenters. The first-order valence-electron chi connectivity index (χ1n) is 8.52. The number of fused-ring (bicyclic) bond motifs is 1. The molecule has 0 aliphatic heterocycles. The van der Waals surface area contributed by atoms with Gasteiger partial charge in [-0.05, 0) is 41.8 Å². The predicted molar refractivity (Wildman–Crippen MR) is 103 cm³/mol. The van der Waals surface area contributed by atoms with E-state index < -0.39 is 10.0 Å². The largest absolute Gasteiger partial charge is 0.243 e. The highest BCUT2D eigenvalue weighted by Crippen LogP contribution is 2.31. The molecule has 1 atom stereocenters. The maximum absolute atomic E-state index is 13.4. The van der Waals surface area contributed by atoms with Crippen LogP contribution in [0.25, 0.3) is 10.8 Å². The maximum atomic E-state index is 13.4. The number of aryl methyl sites for hydroxylation is 1. The van der Waals surface area contributed by atoms with Gasteiger partial charge < -0.3 is 0 Å². The van der Waals surface area contributed by atoms with E-state index >= 15 is 0 Å². The maximum Gasteiger partial charge on any atom is 0.243 e. The van der Waals surface area contributed by atoms with Crippen molar-refractivity contribution in [3.63, 3.8) is 0 Å². The Hall–Kier alpha value is -2.17.